The first kappa shape index (κ1) is 15.2. The number of amides is 1. The molecule has 0 spiro atoms. The van der Waals surface area contributed by atoms with Crippen LogP contribution in [0, 0.1) is 0 Å². The molecule has 3 aromatic rings. The van der Waals surface area contributed by atoms with Crippen molar-refractivity contribution in [3.8, 4) is 0 Å². The molecule has 0 fully saturated rings. The Labute approximate surface area is 140 Å². The summed E-state index contributed by atoms with van der Waals surface area (Å²) >= 11 is 3.17. The topological polar surface area (TPSA) is 98.7 Å². The highest BCUT2D eigenvalue weighted by atomic mass is 79.9. The van der Waals surface area contributed by atoms with E-state index in [1.807, 2.05) is 30.3 Å². The van der Waals surface area contributed by atoms with E-state index in [0.717, 1.165) is 5.56 Å². The molecule has 0 unspecified atom stereocenters. The highest BCUT2D eigenvalue weighted by molar-refractivity contribution is 9.10. The van der Waals surface area contributed by atoms with Crippen LogP contribution in [0.3, 0.4) is 0 Å². The number of carbonyl (C=O) groups excluding carboxylic acids is 1. The second-order valence-electron chi connectivity index (χ2n) is 4.79. The van der Waals surface area contributed by atoms with E-state index < -0.39 is 5.91 Å². The molecule has 23 heavy (non-hydrogen) atoms. The van der Waals surface area contributed by atoms with Crippen molar-refractivity contribution in [2.45, 2.75) is 6.54 Å². The minimum Gasteiger partial charge on any atom is -0.382 e. The number of nitrogen functional groups attached to an aromatic ring is 1. The maximum atomic E-state index is 12.2. The van der Waals surface area contributed by atoms with Gasteiger partial charge in [0, 0.05) is 6.20 Å². The predicted molar refractivity (Wildman–Crippen MR) is 89.9 cm³/mol. The van der Waals surface area contributed by atoms with E-state index in [4.69, 9.17) is 5.73 Å². The molecule has 7 nitrogen and oxygen atoms in total. The molecular formula is C15H13BrN6O. The molecule has 0 aliphatic rings. The van der Waals surface area contributed by atoms with E-state index in [1.54, 1.807) is 17.1 Å². The fraction of sp³-hybridized carbons (Fsp3) is 0.0667. The zero-order chi connectivity index (χ0) is 16.2. The zero-order valence-electron chi connectivity index (χ0n) is 12.0. The van der Waals surface area contributed by atoms with Gasteiger partial charge in [0.1, 0.15) is 4.60 Å². The largest absolute Gasteiger partial charge is 0.382 e. The van der Waals surface area contributed by atoms with Crippen LogP contribution in [-0.2, 0) is 6.54 Å². The number of anilines is 2. The molecule has 2 heterocycles. The van der Waals surface area contributed by atoms with Crippen molar-refractivity contribution in [2.24, 2.45) is 0 Å². The molecule has 1 amide bonds. The minimum absolute atomic E-state index is 0.0650. The van der Waals surface area contributed by atoms with E-state index in [9.17, 15) is 4.79 Å². The van der Waals surface area contributed by atoms with Crippen LogP contribution >= 0.6 is 15.9 Å². The molecule has 0 saturated heterocycles. The Morgan fingerprint density at radius 1 is 1.26 bits per heavy atom. The van der Waals surface area contributed by atoms with Crippen LogP contribution in [0.5, 0.6) is 0 Å². The highest BCUT2D eigenvalue weighted by Crippen LogP contribution is 2.14. The van der Waals surface area contributed by atoms with Crippen molar-refractivity contribution < 1.29 is 4.79 Å². The van der Waals surface area contributed by atoms with Crippen LogP contribution in [0.4, 0.5) is 11.5 Å². The third kappa shape index (κ3) is 3.72. The number of aromatic nitrogens is 4. The smallest absolute Gasteiger partial charge is 0.278 e. The van der Waals surface area contributed by atoms with Gasteiger partial charge in [0.2, 0.25) is 0 Å². The highest BCUT2D eigenvalue weighted by Gasteiger charge is 2.14. The number of hydrogen-bond donors (Lipinski definition) is 2. The van der Waals surface area contributed by atoms with Crippen LogP contribution in [-0.4, -0.2) is 25.7 Å². The normalized spacial score (nSPS) is 10.5. The van der Waals surface area contributed by atoms with Gasteiger partial charge in [-0.3, -0.25) is 9.48 Å². The monoisotopic (exact) mass is 372 g/mol. The van der Waals surface area contributed by atoms with Gasteiger partial charge in [-0.05, 0) is 21.5 Å². The van der Waals surface area contributed by atoms with Gasteiger partial charge in [-0.25, -0.2) is 9.97 Å². The first-order valence-electron chi connectivity index (χ1n) is 6.77. The third-order valence-corrected chi connectivity index (χ3v) is 3.45. The molecule has 0 radical (unpaired) electrons. The second kappa shape index (κ2) is 6.57. The number of benzene rings is 1. The number of nitrogens with two attached hydrogens (primary N) is 1. The van der Waals surface area contributed by atoms with Crippen molar-refractivity contribution in [2.75, 3.05) is 11.1 Å². The van der Waals surface area contributed by atoms with Crippen molar-refractivity contribution in [1.82, 2.24) is 19.7 Å². The molecule has 3 rings (SSSR count). The summed E-state index contributed by atoms with van der Waals surface area (Å²) < 4.78 is 2.18. The van der Waals surface area contributed by atoms with Gasteiger partial charge in [-0.15, -0.1) is 0 Å². The summed E-state index contributed by atoms with van der Waals surface area (Å²) in [4.78, 5) is 20.1. The molecular weight excluding hydrogens is 360 g/mol. The van der Waals surface area contributed by atoms with Gasteiger partial charge in [-0.2, -0.15) is 5.10 Å². The standard InChI is InChI=1S/C15H13BrN6O/c16-12-7-18-14(17)13(21-12)15(23)20-11-6-19-22(9-11)8-10-4-2-1-3-5-10/h1-7,9H,8H2,(H2,17,18)(H,20,23). The van der Waals surface area contributed by atoms with Crippen LogP contribution in [0.2, 0.25) is 0 Å². The maximum absolute atomic E-state index is 12.2. The van der Waals surface area contributed by atoms with Crippen molar-refractivity contribution >= 4 is 33.3 Å². The number of rotatable bonds is 4. The summed E-state index contributed by atoms with van der Waals surface area (Å²) in [6, 6.07) is 9.92. The fourth-order valence-corrected chi connectivity index (χ4v) is 2.30. The van der Waals surface area contributed by atoms with E-state index in [2.05, 4.69) is 36.3 Å². The van der Waals surface area contributed by atoms with Crippen LogP contribution < -0.4 is 11.1 Å². The molecule has 8 heteroatoms. The SMILES string of the molecule is Nc1ncc(Br)nc1C(=O)Nc1cnn(Cc2ccccc2)c1. The lowest BCUT2D eigenvalue weighted by Crippen LogP contribution is -2.16. The Hall–Kier alpha value is -2.74. The number of halogens is 1. The molecule has 0 atom stereocenters. The van der Waals surface area contributed by atoms with Crippen LogP contribution in [0.1, 0.15) is 16.1 Å². The molecule has 116 valence electrons. The molecule has 0 saturated carbocycles. The number of hydrogen-bond acceptors (Lipinski definition) is 5. The summed E-state index contributed by atoms with van der Waals surface area (Å²) in [6.45, 7) is 0.621. The quantitative estimate of drug-likeness (QED) is 0.731. The Balaban J connectivity index is 1.71. The minimum atomic E-state index is -0.435. The summed E-state index contributed by atoms with van der Waals surface area (Å²) in [6.07, 6.45) is 4.75. The van der Waals surface area contributed by atoms with E-state index in [0.29, 0.717) is 16.8 Å². The predicted octanol–water partition coefficient (Wildman–Crippen LogP) is 2.32. The first-order valence-corrected chi connectivity index (χ1v) is 7.57. The summed E-state index contributed by atoms with van der Waals surface area (Å²) in [5.41, 5.74) is 7.42. The molecule has 0 aliphatic heterocycles. The van der Waals surface area contributed by atoms with E-state index in [1.165, 1.54) is 6.20 Å². The van der Waals surface area contributed by atoms with Gasteiger partial charge in [0.15, 0.2) is 11.5 Å². The second-order valence-corrected chi connectivity index (χ2v) is 5.61. The van der Waals surface area contributed by atoms with Crippen molar-refractivity contribution in [1.29, 1.82) is 0 Å². The molecule has 1 aromatic carbocycles. The molecule has 0 bridgehead atoms. The lowest BCUT2D eigenvalue weighted by molar-refractivity contribution is 0.102. The fourth-order valence-electron chi connectivity index (χ4n) is 2.02. The van der Waals surface area contributed by atoms with E-state index in [-0.39, 0.29) is 11.5 Å². The van der Waals surface area contributed by atoms with Gasteiger partial charge in [0.05, 0.1) is 24.6 Å². The average molecular weight is 373 g/mol. The number of nitrogens with one attached hydrogen (secondary N) is 1. The van der Waals surface area contributed by atoms with Gasteiger partial charge in [-0.1, -0.05) is 30.3 Å². The Morgan fingerprint density at radius 3 is 2.83 bits per heavy atom. The van der Waals surface area contributed by atoms with Crippen LogP contribution in [0.15, 0.2) is 53.5 Å². The Kier molecular flexibility index (Phi) is 4.33. The summed E-state index contributed by atoms with van der Waals surface area (Å²) in [7, 11) is 0. The number of carbonyl (C=O) groups is 1. The molecule has 3 N–H and O–H groups in total. The van der Waals surface area contributed by atoms with E-state index >= 15 is 0 Å². The average Bonchev–Trinajstić information content (AvgIpc) is 2.97. The molecule has 2 aromatic heterocycles. The lowest BCUT2D eigenvalue weighted by atomic mass is 10.2. The van der Waals surface area contributed by atoms with Gasteiger partial charge >= 0.3 is 0 Å². The Bertz CT molecular complexity index is 833. The van der Waals surface area contributed by atoms with Gasteiger partial charge in [0.25, 0.3) is 5.91 Å². The summed E-state index contributed by atoms with van der Waals surface area (Å²) in [5, 5.41) is 6.93. The van der Waals surface area contributed by atoms with Crippen molar-refractivity contribution in [3.63, 3.8) is 0 Å². The number of nitrogens with zero attached hydrogens (tertiary/aromatic N) is 4. The first-order chi connectivity index (χ1) is 11.1. The zero-order valence-corrected chi connectivity index (χ0v) is 13.6. The third-order valence-electron chi connectivity index (χ3n) is 3.06. The van der Waals surface area contributed by atoms with Crippen molar-refractivity contribution in [3.05, 3.63) is 64.8 Å². The Morgan fingerprint density at radius 2 is 2.04 bits per heavy atom. The lowest BCUT2D eigenvalue weighted by Gasteiger charge is -2.04. The van der Waals surface area contributed by atoms with Gasteiger partial charge < -0.3 is 11.1 Å². The van der Waals surface area contributed by atoms with Crippen LogP contribution in [0.25, 0.3) is 0 Å². The maximum Gasteiger partial charge on any atom is 0.278 e. The molecule has 0 aliphatic carbocycles. The summed E-state index contributed by atoms with van der Waals surface area (Å²) in [5.74, 6) is -0.363.